The van der Waals surface area contributed by atoms with E-state index in [9.17, 15) is 13.2 Å². The van der Waals surface area contributed by atoms with E-state index in [2.05, 4.69) is 0 Å². The Morgan fingerprint density at radius 3 is 2.46 bits per heavy atom. The lowest BCUT2D eigenvalue weighted by Crippen LogP contribution is -2.20. The van der Waals surface area contributed by atoms with Gasteiger partial charge in [-0.3, -0.25) is 0 Å². The van der Waals surface area contributed by atoms with Crippen molar-refractivity contribution in [1.29, 1.82) is 0 Å². The maximum Gasteiger partial charge on any atom is 0.257 e. The smallest absolute Gasteiger partial charge is 0.257 e. The molecule has 0 spiro atoms. The minimum atomic E-state index is -2.80. The minimum Gasteiger partial charge on any atom is -0.319 e. The van der Waals surface area contributed by atoms with Crippen molar-refractivity contribution in [2.75, 3.05) is 0 Å². The van der Waals surface area contributed by atoms with E-state index in [0.29, 0.717) is 0 Å². The van der Waals surface area contributed by atoms with Crippen LogP contribution in [0, 0.1) is 5.82 Å². The van der Waals surface area contributed by atoms with E-state index < -0.39 is 18.3 Å². The maximum atomic E-state index is 13.1. The predicted octanol–water partition coefficient (Wildman–Crippen LogP) is 2.74. The molecule has 0 aliphatic heterocycles. The van der Waals surface area contributed by atoms with Crippen LogP contribution in [0.4, 0.5) is 13.2 Å². The molecule has 1 nitrogen and oxygen atoms in total. The first-order chi connectivity index (χ1) is 6.04. The monoisotopic (exact) mass is 209 g/mol. The van der Waals surface area contributed by atoms with Crippen LogP contribution in [0.2, 0.25) is 5.02 Å². The summed E-state index contributed by atoms with van der Waals surface area (Å²) in [6.45, 7) is 0. The molecule has 0 aromatic heterocycles. The molecule has 0 radical (unpaired) electrons. The van der Waals surface area contributed by atoms with Crippen LogP contribution in [0.5, 0.6) is 0 Å². The van der Waals surface area contributed by atoms with Crippen LogP contribution in [0.1, 0.15) is 11.6 Å². The highest BCUT2D eigenvalue weighted by Crippen LogP contribution is 2.25. The molecule has 5 heteroatoms. The Balaban J connectivity index is 3.07. The Labute approximate surface area is 78.3 Å². The first-order valence-corrected chi connectivity index (χ1v) is 3.89. The standard InChI is InChI=1S/C8H7ClF3N/c9-5-3-1-2-4(6(5)10)7(13)8(11)12/h1-3,7-8H,13H2. The molecule has 1 rings (SSSR count). The van der Waals surface area contributed by atoms with Gasteiger partial charge in [-0.1, -0.05) is 23.7 Å². The topological polar surface area (TPSA) is 26.0 Å². The molecule has 0 saturated heterocycles. The van der Waals surface area contributed by atoms with E-state index in [1.807, 2.05) is 0 Å². The van der Waals surface area contributed by atoms with Crippen LogP contribution >= 0.6 is 11.6 Å². The summed E-state index contributed by atoms with van der Waals surface area (Å²) >= 11 is 5.39. The fourth-order valence-corrected chi connectivity index (χ4v) is 1.10. The van der Waals surface area contributed by atoms with Crippen molar-refractivity contribution in [2.45, 2.75) is 12.5 Å². The van der Waals surface area contributed by atoms with Crippen molar-refractivity contribution in [1.82, 2.24) is 0 Å². The number of alkyl halides is 2. The van der Waals surface area contributed by atoms with Crippen LogP contribution in [0.3, 0.4) is 0 Å². The number of benzene rings is 1. The van der Waals surface area contributed by atoms with Gasteiger partial charge in [-0.25, -0.2) is 13.2 Å². The third-order valence-corrected chi connectivity index (χ3v) is 1.90. The van der Waals surface area contributed by atoms with Crippen molar-refractivity contribution >= 4 is 11.6 Å². The van der Waals surface area contributed by atoms with Gasteiger partial charge in [0.2, 0.25) is 0 Å². The fourth-order valence-electron chi connectivity index (χ4n) is 0.914. The molecule has 0 fully saturated rings. The Bertz CT molecular complexity index is 303. The Morgan fingerprint density at radius 1 is 1.31 bits per heavy atom. The molecular formula is C8H7ClF3N. The Kier molecular flexibility index (Phi) is 3.17. The molecule has 0 saturated carbocycles. The SMILES string of the molecule is NC(c1cccc(Cl)c1F)C(F)F. The highest BCUT2D eigenvalue weighted by atomic mass is 35.5. The van der Waals surface area contributed by atoms with E-state index in [0.717, 1.165) is 0 Å². The van der Waals surface area contributed by atoms with E-state index in [4.69, 9.17) is 17.3 Å². The van der Waals surface area contributed by atoms with Gasteiger partial charge in [0.15, 0.2) is 0 Å². The molecule has 13 heavy (non-hydrogen) atoms. The van der Waals surface area contributed by atoms with Crippen LogP contribution in [-0.2, 0) is 0 Å². The van der Waals surface area contributed by atoms with E-state index in [1.165, 1.54) is 18.2 Å². The molecule has 0 amide bonds. The lowest BCUT2D eigenvalue weighted by atomic mass is 10.1. The summed E-state index contributed by atoms with van der Waals surface area (Å²) in [5, 5.41) is -0.200. The Hall–Kier alpha value is -0.740. The fraction of sp³-hybridized carbons (Fsp3) is 0.250. The van der Waals surface area contributed by atoms with Crippen LogP contribution < -0.4 is 5.73 Å². The largest absolute Gasteiger partial charge is 0.319 e. The molecule has 1 unspecified atom stereocenters. The molecule has 0 bridgehead atoms. The summed E-state index contributed by atoms with van der Waals surface area (Å²) in [4.78, 5) is 0. The van der Waals surface area contributed by atoms with Crippen molar-refractivity contribution < 1.29 is 13.2 Å². The first kappa shape index (κ1) is 10.3. The zero-order valence-electron chi connectivity index (χ0n) is 6.48. The molecule has 1 aromatic carbocycles. The molecular weight excluding hydrogens is 203 g/mol. The zero-order chi connectivity index (χ0) is 10.0. The second kappa shape index (κ2) is 3.98. The zero-order valence-corrected chi connectivity index (χ0v) is 7.23. The van der Waals surface area contributed by atoms with Gasteiger partial charge in [-0.15, -0.1) is 0 Å². The quantitative estimate of drug-likeness (QED) is 0.796. The van der Waals surface area contributed by atoms with Crippen molar-refractivity contribution in [3.63, 3.8) is 0 Å². The van der Waals surface area contributed by atoms with Crippen LogP contribution in [0.25, 0.3) is 0 Å². The van der Waals surface area contributed by atoms with Gasteiger partial charge in [0.25, 0.3) is 6.43 Å². The summed E-state index contributed by atoms with van der Waals surface area (Å²) in [6, 6.07) is 2.22. The van der Waals surface area contributed by atoms with Gasteiger partial charge in [0.05, 0.1) is 11.1 Å². The first-order valence-electron chi connectivity index (χ1n) is 3.51. The third kappa shape index (κ3) is 2.14. The molecule has 0 heterocycles. The summed E-state index contributed by atoms with van der Waals surface area (Å²) in [7, 11) is 0. The van der Waals surface area contributed by atoms with Crippen molar-refractivity contribution in [2.24, 2.45) is 5.73 Å². The van der Waals surface area contributed by atoms with Crippen molar-refractivity contribution in [3.05, 3.63) is 34.6 Å². The van der Waals surface area contributed by atoms with Gasteiger partial charge in [-0.2, -0.15) is 0 Å². The van der Waals surface area contributed by atoms with Crippen LogP contribution in [0.15, 0.2) is 18.2 Å². The van der Waals surface area contributed by atoms with E-state index in [-0.39, 0.29) is 10.6 Å². The molecule has 2 N–H and O–H groups in total. The molecule has 1 aromatic rings. The minimum absolute atomic E-state index is 0.200. The number of hydrogen-bond acceptors (Lipinski definition) is 1. The average molecular weight is 210 g/mol. The average Bonchev–Trinajstić information content (AvgIpc) is 2.08. The number of rotatable bonds is 2. The van der Waals surface area contributed by atoms with Gasteiger partial charge < -0.3 is 5.73 Å². The number of hydrogen-bond donors (Lipinski definition) is 1. The van der Waals surface area contributed by atoms with Crippen molar-refractivity contribution in [3.8, 4) is 0 Å². The second-order valence-corrected chi connectivity index (χ2v) is 2.91. The van der Waals surface area contributed by atoms with E-state index in [1.54, 1.807) is 0 Å². The van der Waals surface area contributed by atoms with Gasteiger partial charge >= 0.3 is 0 Å². The lowest BCUT2D eigenvalue weighted by molar-refractivity contribution is 0.115. The van der Waals surface area contributed by atoms with E-state index >= 15 is 0 Å². The van der Waals surface area contributed by atoms with Gasteiger partial charge in [-0.05, 0) is 6.07 Å². The van der Waals surface area contributed by atoms with Crippen LogP contribution in [-0.4, -0.2) is 6.43 Å². The third-order valence-electron chi connectivity index (χ3n) is 1.61. The number of nitrogens with two attached hydrogens (primary N) is 1. The molecule has 0 aliphatic carbocycles. The Morgan fingerprint density at radius 2 is 1.92 bits per heavy atom. The highest BCUT2D eigenvalue weighted by Gasteiger charge is 2.21. The maximum absolute atomic E-state index is 13.1. The van der Waals surface area contributed by atoms with Gasteiger partial charge in [0.1, 0.15) is 5.82 Å². The molecule has 1 atom stereocenters. The molecule has 72 valence electrons. The highest BCUT2D eigenvalue weighted by molar-refractivity contribution is 6.30. The van der Waals surface area contributed by atoms with Gasteiger partial charge in [0, 0.05) is 5.56 Å². The molecule has 0 aliphatic rings. The summed E-state index contributed by atoms with van der Waals surface area (Å²) < 4.78 is 37.2. The second-order valence-electron chi connectivity index (χ2n) is 2.50. The summed E-state index contributed by atoms with van der Waals surface area (Å²) in [5.74, 6) is -0.878. The summed E-state index contributed by atoms with van der Waals surface area (Å²) in [5.41, 5.74) is 4.80. The predicted molar refractivity (Wildman–Crippen MR) is 44.3 cm³/mol. The number of halogens is 4. The normalized spacial score (nSPS) is 13.4. The lowest BCUT2D eigenvalue weighted by Gasteiger charge is -2.11. The summed E-state index contributed by atoms with van der Waals surface area (Å²) in [6.07, 6.45) is -2.80.